The Labute approximate surface area is 225 Å². The molecule has 182 valence electrons. The standard InChI is InChI=1S/C34H25N3S/c1-22-13-18-31-29(19-22)30-21-23(2)20-28(32(30)38-31)24-14-16-26(17-15-24)34-36-35-33(25-9-5-3-6-10-25)37(34)27-11-7-4-8-12-27/h3-21H,1-2H3. The number of thiophene rings is 1. The molecule has 0 atom stereocenters. The van der Waals surface area contributed by atoms with E-state index >= 15 is 0 Å². The Kier molecular flexibility index (Phi) is 5.41. The largest absolute Gasteiger partial charge is 0.275 e. The van der Waals surface area contributed by atoms with Crippen molar-refractivity contribution in [3.63, 3.8) is 0 Å². The van der Waals surface area contributed by atoms with Gasteiger partial charge in [0.25, 0.3) is 0 Å². The van der Waals surface area contributed by atoms with Crippen molar-refractivity contribution in [2.75, 3.05) is 0 Å². The lowest BCUT2D eigenvalue weighted by Gasteiger charge is -2.12. The Morgan fingerprint density at radius 1 is 0.553 bits per heavy atom. The summed E-state index contributed by atoms with van der Waals surface area (Å²) in [6, 6.07) is 40.7. The molecule has 2 aromatic heterocycles. The van der Waals surface area contributed by atoms with Crippen LogP contribution in [0.25, 0.3) is 59.8 Å². The minimum absolute atomic E-state index is 0.827. The van der Waals surface area contributed by atoms with Gasteiger partial charge >= 0.3 is 0 Å². The van der Waals surface area contributed by atoms with Crippen molar-refractivity contribution in [1.82, 2.24) is 14.8 Å². The fraction of sp³-hybridized carbons (Fsp3) is 0.0588. The number of rotatable bonds is 4. The molecule has 38 heavy (non-hydrogen) atoms. The first-order valence-electron chi connectivity index (χ1n) is 12.8. The van der Waals surface area contributed by atoms with Gasteiger partial charge in [-0.1, -0.05) is 84.4 Å². The molecular formula is C34H25N3S. The van der Waals surface area contributed by atoms with Crippen LogP contribution in [0.5, 0.6) is 0 Å². The van der Waals surface area contributed by atoms with Crippen molar-refractivity contribution in [3.8, 4) is 39.6 Å². The second-order valence-electron chi connectivity index (χ2n) is 9.75. The van der Waals surface area contributed by atoms with E-state index in [1.165, 1.54) is 42.4 Å². The highest BCUT2D eigenvalue weighted by Crippen LogP contribution is 2.41. The van der Waals surface area contributed by atoms with E-state index in [4.69, 9.17) is 0 Å². The third kappa shape index (κ3) is 3.82. The number of hydrogen-bond acceptors (Lipinski definition) is 3. The quantitative estimate of drug-likeness (QED) is 0.238. The van der Waals surface area contributed by atoms with Gasteiger partial charge < -0.3 is 0 Å². The van der Waals surface area contributed by atoms with E-state index in [-0.39, 0.29) is 0 Å². The molecule has 0 unspecified atom stereocenters. The summed E-state index contributed by atoms with van der Waals surface area (Å²) in [5.74, 6) is 1.66. The fourth-order valence-corrected chi connectivity index (χ4v) is 6.42. The third-order valence-electron chi connectivity index (χ3n) is 7.03. The molecule has 7 aromatic rings. The summed E-state index contributed by atoms with van der Waals surface area (Å²) in [4.78, 5) is 0. The smallest absolute Gasteiger partial charge is 0.168 e. The van der Waals surface area contributed by atoms with Crippen LogP contribution in [0.4, 0.5) is 0 Å². The lowest BCUT2D eigenvalue weighted by atomic mass is 9.98. The molecule has 0 spiro atoms. The molecule has 4 heteroatoms. The van der Waals surface area contributed by atoms with Gasteiger partial charge in [0, 0.05) is 37.0 Å². The van der Waals surface area contributed by atoms with E-state index in [0.717, 1.165) is 28.5 Å². The van der Waals surface area contributed by atoms with Crippen molar-refractivity contribution in [2.24, 2.45) is 0 Å². The van der Waals surface area contributed by atoms with Crippen molar-refractivity contribution in [3.05, 3.63) is 126 Å². The van der Waals surface area contributed by atoms with Crippen molar-refractivity contribution in [1.29, 1.82) is 0 Å². The molecule has 7 rings (SSSR count). The number of nitrogens with zero attached hydrogens (tertiary/aromatic N) is 3. The second-order valence-corrected chi connectivity index (χ2v) is 10.8. The SMILES string of the molecule is Cc1ccc2sc3c(-c4ccc(-c5nnc(-c6ccccc6)n5-c5ccccc5)cc4)cc(C)cc3c2c1. The summed E-state index contributed by atoms with van der Waals surface area (Å²) in [6.45, 7) is 4.35. The van der Waals surface area contributed by atoms with Crippen LogP contribution in [-0.4, -0.2) is 14.8 Å². The second kappa shape index (κ2) is 9.09. The van der Waals surface area contributed by atoms with Crippen LogP contribution in [0.15, 0.2) is 115 Å². The Bertz CT molecular complexity index is 1910. The molecule has 5 aromatic carbocycles. The van der Waals surface area contributed by atoms with Crippen LogP contribution in [0.2, 0.25) is 0 Å². The average Bonchev–Trinajstić information content (AvgIpc) is 3.56. The molecule has 0 aliphatic heterocycles. The summed E-state index contributed by atoms with van der Waals surface area (Å²) in [5.41, 5.74) is 8.16. The van der Waals surface area contributed by atoms with Crippen LogP contribution in [0.1, 0.15) is 11.1 Å². The van der Waals surface area contributed by atoms with Gasteiger partial charge in [0.1, 0.15) is 0 Å². The molecule has 0 saturated carbocycles. The van der Waals surface area contributed by atoms with E-state index in [1.54, 1.807) is 0 Å². The molecule has 0 N–H and O–H groups in total. The predicted molar refractivity (Wildman–Crippen MR) is 160 cm³/mol. The highest BCUT2D eigenvalue weighted by atomic mass is 32.1. The predicted octanol–water partition coefficient (Wildman–Crippen LogP) is 9.25. The van der Waals surface area contributed by atoms with Crippen LogP contribution < -0.4 is 0 Å². The molecule has 0 bridgehead atoms. The third-order valence-corrected chi connectivity index (χ3v) is 8.25. The molecule has 0 aliphatic carbocycles. The molecule has 0 amide bonds. The van der Waals surface area contributed by atoms with E-state index in [0.29, 0.717) is 0 Å². The summed E-state index contributed by atoms with van der Waals surface area (Å²) < 4.78 is 4.81. The zero-order valence-corrected chi connectivity index (χ0v) is 22.0. The molecule has 0 aliphatic rings. The minimum Gasteiger partial charge on any atom is -0.275 e. The molecule has 3 nitrogen and oxygen atoms in total. The van der Waals surface area contributed by atoms with E-state index in [1.807, 2.05) is 47.7 Å². The zero-order chi connectivity index (χ0) is 25.6. The van der Waals surface area contributed by atoms with Gasteiger partial charge in [-0.15, -0.1) is 21.5 Å². The van der Waals surface area contributed by atoms with Crippen molar-refractivity contribution in [2.45, 2.75) is 13.8 Å². The normalized spacial score (nSPS) is 11.4. The average molecular weight is 508 g/mol. The molecular weight excluding hydrogens is 482 g/mol. The first kappa shape index (κ1) is 22.6. The van der Waals surface area contributed by atoms with E-state index < -0.39 is 0 Å². The Morgan fingerprint density at radius 3 is 1.87 bits per heavy atom. The molecule has 2 heterocycles. The summed E-state index contributed by atoms with van der Waals surface area (Å²) >= 11 is 1.88. The van der Waals surface area contributed by atoms with Crippen LogP contribution in [0.3, 0.4) is 0 Å². The Hall–Kier alpha value is -4.54. The fourth-order valence-electron chi connectivity index (χ4n) is 5.22. The molecule has 0 saturated heterocycles. The minimum atomic E-state index is 0.827. The summed E-state index contributed by atoms with van der Waals surface area (Å²) in [7, 11) is 0. The monoisotopic (exact) mass is 507 g/mol. The van der Waals surface area contributed by atoms with Crippen LogP contribution in [-0.2, 0) is 0 Å². The molecule has 0 fully saturated rings. The number of fused-ring (bicyclic) bond motifs is 3. The van der Waals surface area contributed by atoms with Crippen molar-refractivity contribution < 1.29 is 0 Å². The van der Waals surface area contributed by atoms with Crippen LogP contribution >= 0.6 is 11.3 Å². The summed E-state index contributed by atoms with van der Waals surface area (Å²) in [6.07, 6.45) is 0. The van der Waals surface area contributed by atoms with Gasteiger partial charge in [0.2, 0.25) is 0 Å². The maximum Gasteiger partial charge on any atom is 0.168 e. The first-order chi connectivity index (χ1) is 18.7. The maximum absolute atomic E-state index is 4.66. The van der Waals surface area contributed by atoms with Crippen molar-refractivity contribution >= 4 is 31.5 Å². The van der Waals surface area contributed by atoms with Gasteiger partial charge in [0.15, 0.2) is 11.6 Å². The highest BCUT2D eigenvalue weighted by Gasteiger charge is 2.18. The van der Waals surface area contributed by atoms with Gasteiger partial charge in [-0.05, 0) is 66.9 Å². The number of aromatic nitrogens is 3. The number of aryl methyl sites for hydroxylation is 2. The lowest BCUT2D eigenvalue weighted by Crippen LogP contribution is -2.00. The van der Waals surface area contributed by atoms with Crippen LogP contribution in [0, 0.1) is 13.8 Å². The van der Waals surface area contributed by atoms with Gasteiger partial charge in [-0.25, -0.2) is 0 Å². The van der Waals surface area contributed by atoms with E-state index in [9.17, 15) is 0 Å². The number of hydrogen-bond donors (Lipinski definition) is 0. The lowest BCUT2D eigenvalue weighted by molar-refractivity contribution is 1.07. The summed E-state index contributed by atoms with van der Waals surface area (Å²) in [5, 5.41) is 12.0. The van der Waals surface area contributed by atoms with Gasteiger partial charge in [-0.3, -0.25) is 4.57 Å². The molecule has 0 radical (unpaired) electrons. The Morgan fingerprint density at radius 2 is 1.16 bits per heavy atom. The van der Waals surface area contributed by atoms with Gasteiger partial charge in [0.05, 0.1) is 0 Å². The first-order valence-corrected chi connectivity index (χ1v) is 13.6. The topological polar surface area (TPSA) is 30.7 Å². The number of benzene rings is 5. The van der Waals surface area contributed by atoms with E-state index in [2.05, 4.69) is 107 Å². The number of para-hydroxylation sites is 1. The highest BCUT2D eigenvalue weighted by molar-refractivity contribution is 7.26. The zero-order valence-electron chi connectivity index (χ0n) is 21.2. The maximum atomic E-state index is 4.66. The Balaban J connectivity index is 1.36. The van der Waals surface area contributed by atoms with Gasteiger partial charge in [-0.2, -0.15) is 0 Å².